The first-order valence-electron chi connectivity index (χ1n) is 15.0. The van der Waals surface area contributed by atoms with Crippen LogP contribution in [0.2, 0.25) is 21.6 Å². The number of benzene rings is 1. The van der Waals surface area contributed by atoms with Crippen LogP contribution in [-0.2, 0) is 9.59 Å². The van der Waals surface area contributed by atoms with E-state index >= 15 is 0 Å². The van der Waals surface area contributed by atoms with Gasteiger partial charge in [-0.25, -0.2) is 13.6 Å². The highest BCUT2D eigenvalue weighted by Gasteiger charge is 2.57. The van der Waals surface area contributed by atoms with Gasteiger partial charge < -0.3 is 9.84 Å². The Hall–Kier alpha value is -2.11. The molecule has 234 valence electrons. The first-order chi connectivity index (χ1) is 19.1. The molecule has 0 aliphatic heterocycles. The monoisotopic (exact) mass is 623 g/mol. The highest BCUT2D eigenvalue weighted by molar-refractivity contribution is 6.90. The standard InChI is InChI=1S/C33H48ClF2NO4Si/c1-21(2)42(22(3)4,23(5)6)14-13-28(38)37(32(29(39)40)19-30(7,8)18-31(9,10)20-32)24-11-12-27(26(34)15-24)41-25-16-33(35,36)17-25/h11-12,15,21-23,25H,16-20H2,1-10H3,(H,39,40). The first-order valence-corrected chi connectivity index (χ1v) is 17.6. The fourth-order valence-corrected chi connectivity index (χ4v) is 13.7. The Kier molecular flexibility index (Phi) is 9.63. The van der Waals surface area contributed by atoms with Crippen molar-refractivity contribution in [3.63, 3.8) is 0 Å². The molecule has 2 saturated carbocycles. The molecule has 0 radical (unpaired) electrons. The SMILES string of the molecule is CC(C)[Si](C#CC(=O)N(c1ccc(OC2CC(F)(F)C2)c(Cl)c1)C1(C(=O)O)CC(C)(C)CC(C)(C)C1)(C(C)C)C(C)C. The number of aliphatic carboxylic acids is 1. The second-order valence-corrected chi connectivity index (χ2v) is 21.1. The van der Waals surface area contributed by atoms with Crippen molar-refractivity contribution in [2.24, 2.45) is 10.8 Å². The van der Waals surface area contributed by atoms with Gasteiger partial charge in [-0.1, -0.05) is 80.8 Å². The number of carbonyl (C=O) groups is 2. The molecule has 3 rings (SSSR count). The minimum atomic E-state index is -2.74. The zero-order valence-electron chi connectivity index (χ0n) is 26.8. The average Bonchev–Trinajstić information content (AvgIpc) is 2.77. The summed E-state index contributed by atoms with van der Waals surface area (Å²) in [5.41, 5.74) is 2.31. The van der Waals surface area contributed by atoms with E-state index in [9.17, 15) is 23.5 Å². The van der Waals surface area contributed by atoms with Crippen LogP contribution in [0, 0.1) is 22.3 Å². The second kappa shape index (κ2) is 11.8. The molecule has 9 heteroatoms. The quantitative estimate of drug-likeness (QED) is 0.232. The molecule has 2 aliphatic carbocycles. The maximum Gasteiger partial charge on any atom is 0.330 e. The van der Waals surface area contributed by atoms with E-state index in [1.54, 1.807) is 6.07 Å². The molecular formula is C33H48ClF2NO4Si. The van der Waals surface area contributed by atoms with E-state index in [1.165, 1.54) is 17.0 Å². The molecule has 0 atom stereocenters. The Morgan fingerprint density at radius 3 is 1.88 bits per heavy atom. The molecule has 1 N–H and O–H groups in total. The van der Waals surface area contributed by atoms with E-state index in [-0.39, 0.29) is 63.9 Å². The van der Waals surface area contributed by atoms with Crippen molar-refractivity contribution in [3.8, 4) is 17.2 Å². The number of carboxylic acid groups (broad SMARTS) is 1. The Labute approximate surface area is 256 Å². The zero-order chi connectivity index (χ0) is 32.1. The van der Waals surface area contributed by atoms with Gasteiger partial charge in [-0.3, -0.25) is 9.69 Å². The van der Waals surface area contributed by atoms with E-state index in [1.807, 2.05) is 27.7 Å². The van der Waals surface area contributed by atoms with Crippen molar-refractivity contribution in [2.75, 3.05) is 4.90 Å². The number of halogens is 3. The van der Waals surface area contributed by atoms with Gasteiger partial charge in [0, 0.05) is 18.5 Å². The molecule has 42 heavy (non-hydrogen) atoms. The minimum Gasteiger partial charge on any atom is -0.488 e. The number of nitrogens with zero attached hydrogens (tertiary/aromatic N) is 1. The van der Waals surface area contributed by atoms with Crippen LogP contribution in [0.3, 0.4) is 0 Å². The molecule has 0 heterocycles. The Bertz CT molecular complexity index is 1220. The fourth-order valence-electron chi connectivity index (χ4n) is 8.27. The van der Waals surface area contributed by atoms with Gasteiger partial charge in [0.2, 0.25) is 0 Å². The Morgan fingerprint density at radius 1 is 0.976 bits per heavy atom. The maximum absolute atomic E-state index is 14.3. The predicted octanol–water partition coefficient (Wildman–Crippen LogP) is 9.13. The normalized spacial score (nSPS) is 21.0. The Balaban J connectivity index is 2.19. The summed E-state index contributed by atoms with van der Waals surface area (Å²) < 4.78 is 32.5. The summed E-state index contributed by atoms with van der Waals surface area (Å²) >= 11 is 6.60. The van der Waals surface area contributed by atoms with Gasteiger partial charge in [-0.15, -0.1) is 5.54 Å². The summed E-state index contributed by atoms with van der Waals surface area (Å²) in [6.07, 6.45) is -0.152. The molecule has 0 unspecified atom stereocenters. The van der Waals surface area contributed by atoms with Crippen molar-refractivity contribution >= 4 is 37.2 Å². The average molecular weight is 624 g/mol. The summed E-state index contributed by atoms with van der Waals surface area (Å²) in [6.45, 7) is 21.1. The summed E-state index contributed by atoms with van der Waals surface area (Å²) in [5.74, 6) is -1.22. The summed E-state index contributed by atoms with van der Waals surface area (Å²) in [5, 5.41) is 11.0. The number of alkyl halides is 2. The van der Waals surface area contributed by atoms with Gasteiger partial charge in [-0.05, 0) is 70.8 Å². The molecule has 2 aliphatic rings. The third kappa shape index (κ3) is 6.83. The van der Waals surface area contributed by atoms with Crippen molar-refractivity contribution in [2.45, 2.75) is 136 Å². The number of carbonyl (C=O) groups excluding carboxylic acids is 1. The van der Waals surface area contributed by atoms with Gasteiger partial charge in [0.1, 0.15) is 25.5 Å². The molecule has 0 aromatic heterocycles. The largest absolute Gasteiger partial charge is 0.488 e. The van der Waals surface area contributed by atoms with Gasteiger partial charge >= 0.3 is 11.9 Å². The molecule has 2 fully saturated rings. The molecule has 1 aromatic rings. The topological polar surface area (TPSA) is 66.8 Å². The van der Waals surface area contributed by atoms with E-state index in [0.717, 1.165) is 6.42 Å². The van der Waals surface area contributed by atoms with Crippen LogP contribution < -0.4 is 9.64 Å². The number of anilines is 1. The molecule has 5 nitrogen and oxygen atoms in total. The van der Waals surface area contributed by atoms with Crippen LogP contribution in [0.25, 0.3) is 0 Å². The summed E-state index contributed by atoms with van der Waals surface area (Å²) in [6, 6.07) is 4.63. The maximum atomic E-state index is 14.3. The van der Waals surface area contributed by atoms with Crippen LogP contribution in [0.4, 0.5) is 14.5 Å². The lowest BCUT2D eigenvalue weighted by atomic mass is 9.57. The highest BCUT2D eigenvalue weighted by atomic mass is 35.5. The smallest absolute Gasteiger partial charge is 0.330 e. The summed E-state index contributed by atoms with van der Waals surface area (Å²) in [7, 11) is -2.31. The lowest BCUT2D eigenvalue weighted by molar-refractivity contribution is -0.150. The minimum absolute atomic E-state index is 0.124. The van der Waals surface area contributed by atoms with Crippen LogP contribution in [0.1, 0.15) is 101 Å². The number of ether oxygens (including phenoxy) is 1. The summed E-state index contributed by atoms with van der Waals surface area (Å²) in [4.78, 5) is 29.0. The molecule has 0 spiro atoms. The lowest BCUT2D eigenvalue weighted by Crippen LogP contribution is -2.63. The van der Waals surface area contributed by atoms with Gasteiger partial charge in [0.05, 0.1) is 5.02 Å². The highest BCUT2D eigenvalue weighted by Crippen LogP contribution is 2.54. The number of amides is 1. The zero-order valence-corrected chi connectivity index (χ0v) is 28.6. The van der Waals surface area contributed by atoms with E-state index in [2.05, 4.69) is 53.0 Å². The third-order valence-electron chi connectivity index (χ3n) is 9.30. The van der Waals surface area contributed by atoms with E-state index < -0.39 is 37.5 Å². The van der Waals surface area contributed by atoms with Crippen molar-refractivity contribution in [1.82, 2.24) is 0 Å². The predicted molar refractivity (Wildman–Crippen MR) is 168 cm³/mol. The number of hydrogen-bond acceptors (Lipinski definition) is 3. The van der Waals surface area contributed by atoms with Gasteiger partial charge in [0.25, 0.3) is 5.92 Å². The Morgan fingerprint density at radius 2 is 1.48 bits per heavy atom. The number of rotatable bonds is 8. The van der Waals surface area contributed by atoms with E-state index in [4.69, 9.17) is 16.3 Å². The fraction of sp³-hybridized carbons (Fsp3) is 0.697. The molecule has 0 bridgehead atoms. The number of hydrogen-bond donors (Lipinski definition) is 1. The lowest BCUT2D eigenvalue weighted by Gasteiger charge is -2.53. The van der Waals surface area contributed by atoms with Crippen LogP contribution in [-0.4, -0.2) is 42.6 Å². The van der Waals surface area contributed by atoms with E-state index in [0.29, 0.717) is 5.69 Å². The third-order valence-corrected chi connectivity index (χ3v) is 15.9. The van der Waals surface area contributed by atoms with Gasteiger partial charge in [0.15, 0.2) is 0 Å². The molecular weight excluding hydrogens is 576 g/mol. The van der Waals surface area contributed by atoms with Crippen LogP contribution >= 0.6 is 11.6 Å². The van der Waals surface area contributed by atoms with Crippen LogP contribution in [0.5, 0.6) is 5.75 Å². The number of carboxylic acids is 1. The van der Waals surface area contributed by atoms with Crippen molar-refractivity contribution in [3.05, 3.63) is 23.2 Å². The second-order valence-electron chi connectivity index (χ2n) is 15.1. The van der Waals surface area contributed by atoms with Gasteiger partial charge in [-0.2, -0.15) is 0 Å². The molecule has 1 amide bonds. The van der Waals surface area contributed by atoms with Crippen molar-refractivity contribution in [1.29, 1.82) is 0 Å². The first kappa shape index (κ1) is 34.4. The molecule has 1 aromatic carbocycles. The van der Waals surface area contributed by atoms with Crippen LogP contribution in [0.15, 0.2) is 18.2 Å². The molecule has 0 saturated heterocycles. The van der Waals surface area contributed by atoms with Crippen molar-refractivity contribution < 1.29 is 28.2 Å².